The zero-order chi connectivity index (χ0) is 16.3. The number of carboxylic acid groups (broad SMARTS) is 1. The third-order valence-electron chi connectivity index (χ3n) is 2.21. The second kappa shape index (κ2) is 17.6. The van der Waals surface area contributed by atoms with Gasteiger partial charge in [0.25, 0.3) is 0 Å². The first-order valence-electron chi connectivity index (χ1n) is 7.01. The quantitative estimate of drug-likeness (QED) is 0.167. The SMILES string of the molecule is [N-]=[N+]=NCCOCCOCCOCCNCCOCC(=O)O. The second-order valence-corrected chi connectivity index (χ2v) is 3.99. The van der Waals surface area contributed by atoms with Crippen LogP contribution in [-0.4, -0.2) is 83.6 Å². The summed E-state index contributed by atoms with van der Waals surface area (Å²) in [6.45, 7) is 4.51. The third-order valence-corrected chi connectivity index (χ3v) is 2.21. The molecule has 0 bridgehead atoms. The molecule has 0 spiro atoms. The molecule has 0 saturated carbocycles. The topological polar surface area (TPSA) is 135 Å². The van der Waals surface area contributed by atoms with Crippen LogP contribution in [0.3, 0.4) is 0 Å². The highest BCUT2D eigenvalue weighted by Gasteiger charge is 1.95. The highest BCUT2D eigenvalue weighted by Crippen LogP contribution is 1.82. The molecule has 0 atom stereocenters. The molecule has 0 aromatic rings. The minimum atomic E-state index is -0.968. The number of carboxylic acids is 1. The van der Waals surface area contributed by atoms with Gasteiger partial charge in [-0.25, -0.2) is 4.79 Å². The summed E-state index contributed by atoms with van der Waals surface area (Å²) in [5, 5.41) is 14.7. The number of hydrogen-bond donors (Lipinski definition) is 2. The van der Waals surface area contributed by atoms with Crippen LogP contribution in [0.15, 0.2) is 5.11 Å². The van der Waals surface area contributed by atoms with Gasteiger partial charge in [0.1, 0.15) is 6.61 Å². The van der Waals surface area contributed by atoms with Crippen LogP contribution in [0.1, 0.15) is 0 Å². The maximum atomic E-state index is 10.2. The molecular formula is C12H24N4O6. The Hall–Kier alpha value is -1.42. The maximum absolute atomic E-state index is 10.2. The van der Waals surface area contributed by atoms with Gasteiger partial charge >= 0.3 is 5.97 Å². The summed E-state index contributed by atoms with van der Waals surface area (Å²) >= 11 is 0. The van der Waals surface area contributed by atoms with Crippen molar-refractivity contribution in [3.8, 4) is 0 Å². The van der Waals surface area contributed by atoms with Gasteiger partial charge in [0.2, 0.25) is 0 Å². The summed E-state index contributed by atoms with van der Waals surface area (Å²) in [6.07, 6.45) is 0. The summed E-state index contributed by atoms with van der Waals surface area (Å²) in [5.41, 5.74) is 8.03. The van der Waals surface area contributed by atoms with Crippen molar-refractivity contribution >= 4 is 5.97 Å². The lowest BCUT2D eigenvalue weighted by molar-refractivity contribution is -0.142. The number of nitrogens with zero attached hydrogens (tertiary/aromatic N) is 3. The molecule has 0 amide bonds. The Labute approximate surface area is 129 Å². The molecule has 0 aliphatic rings. The molecule has 22 heavy (non-hydrogen) atoms. The van der Waals surface area contributed by atoms with Gasteiger partial charge in [0.15, 0.2) is 0 Å². The zero-order valence-electron chi connectivity index (χ0n) is 12.6. The van der Waals surface area contributed by atoms with Crippen LogP contribution in [0.25, 0.3) is 10.4 Å². The van der Waals surface area contributed by atoms with Crippen molar-refractivity contribution in [3.05, 3.63) is 10.4 Å². The molecule has 0 aromatic carbocycles. The zero-order valence-corrected chi connectivity index (χ0v) is 12.6. The van der Waals surface area contributed by atoms with Crippen molar-refractivity contribution in [1.82, 2.24) is 5.32 Å². The van der Waals surface area contributed by atoms with Crippen molar-refractivity contribution in [2.24, 2.45) is 5.11 Å². The number of azide groups is 1. The monoisotopic (exact) mass is 320 g/mol. The van der Waals surface area contributed by atoms with Crippen molar-refractivity contribution in [2.45, 2.75) is 0 Å². The molecule has 0 saturated heterocycles. The van der Waals surface area contributed by atoms with Gasteiger partial charge < -0.3 is 29.4 Å². The van der Waals surface area contributed by atoms with Gasteiger partial charge in [-0.3, -0.25) is 0 Å². The van der Waals surface area contributed by atoms with Crippen LogP contribution < -0.4 is 5.32 Å². The van der Waals surface area contributed by atoms with E-state index < -0.39 is 5.97 Å². The molecule has 0 heterocycles. The predicted molar refractivity (Wildman–Crippen MR) is 77.8 cm³/mol. The summed E-state index contributed by atoms with van der Waals surface area (Å²) in [7, 11) is 0. The van der Waals surface area contributed by atoms with Crippen LogP contribution in [0.5, 0.6) is 0 Å². The van der Waals surface area contributed by atoms with E-state index in [4.69, 9.17) is 29.6 Å². The Bertz CT molecular complexity index is 296. The Morgan fingerprint density at radius 2 is 1.50 bits per heavy atom. The van der Waals surface area contributed by atoms with E-state index in [0.717, 1.165) is 0 Å². The molecule has 0 rings (SSSR count). The molecule has 128 valence electrons. The summed E-state index contributed by atoms with van der Waals surface area (Å²) < 4.78 is 20.6. The van der Waals surface area contributed by atoms with Gasteiger partial charge in [-0.05, 0) is 5.53 Å². The smallest absolute Gasteiger partial charge is 0.329 e. The Balaban J connectivity index is 2.99. The fourth-order valence-corrected chi connectivity index (χ4v) is 1.27. The summed E-state index contributed by atoms with van der Waals surface area (Å²) in [4.78, 5) is 12.8. The number of rotatable bonds is 17. The number of ether oxygens (including phenoxy) is 4. The number of aliphatic carboxylic acids is 1. The van der Waals surface area contributed by atoms with Gasteiger partial charge in [-0.15, -0.1) is 0 Å². The van der Waals surface area contributed by atoms with Gasteiger partial charge in [0.05, 0.1) is 46.2 Å². The van der Waals surface area contributed by atoms with Crippen molar-refractivity contribution < 1.29 is 28.8 Å². The van der Waals surface area contributed by atoms with Crippen molar-refractivity contribution in [2.75, 3.05) is 72.5 Å². The standard InChI is InChI=1S/C12H24N4O6/c13-16-15-3-6-20-8-10-21-9-7-19-4-1-14-2-5-22-11-12(17)18/h14H,1-11H2,(H,17,18). The summed E-state index contributed by atoms with van der Waals surface area (Å²) in [5.74, 6) is -0.968. The van der Waals surface area contributed by atoms with Crippen LogP contribution in [0.4, 0.5) is 0 Å². The van der Waals surface area contributed by atoms with Gasteiger partial charge in [0, 0.05) is 24.5 Å². The van der Waals surface area contributed by atoms with Gasteiger partial charge in [-0.2, -0.15) is 0 Å². The van der Waals surface area contributed by atoms with E-state index >= 15 is 0 Å². The lowest BCUT2D eigenvalue weighted by Crippen LogP contribution is -2.25. The van der Waals surface area contributed by atoms with Crippen molar-refractivity contribution in [3.63, 3.8) is 0 Å². The van der Waals surface area contributed by atoms with E-state index in [0.29, 0.717) is 65.9 Å². The molecule has 0 fully saturated rings. The summed E-state index contributed by atoms with van der Waals surface area (Å²) in [6, 6.07) is 0. The van der Waals surface area contributed by atoms with E-state index in [1.54, 1.807) is 0 Å². The largest absolute Gasteiger partial charge is 0.480 e. The van der Waals surface area contributed by atoms with Crippen LogP contribution >= 0.6 is 0 Å². The van der Waals surface area contributed by atoms with E-state index in [1.807, 2.05) is 0 Å². The first-order valence-corrected chi connectivity index (χ1v) is 7.01. The van der Waals surface area contributed by atoms with E-state index in [2.05, 4.69) is 15.3 Å². The first kappa shape index (κ1) is 20.6. The van der Waals surface area contributed by atoms with E-state index in [1.165, 1.54) is 0 Å². The molecule has 0 aliphatic heterocycles. The van der Waals surface area contributed by atoms with Crippen LogP contribution in [0.2, 0.25) is 0 Å². The van der Waals surface area contributed by atoms with Crippen molar-refractivity contribution in [1.29, 1.82) is 0 Å². The minimum absolute atomic E-state index is 0.273. The number of hydrogen-bond acceptors (Lipinski definition) is 7. The van der Waals surface area contributed by atoms with E-state index in [9.17, 15) is 4.79 Å². The molecular weight excluding hydrogens is 296 g/mol. The fourth-order valence-electron chi connectivity index (χ4n) is 1.27. The lowest BCUT2D eigenvalue weighted by Gasteiger charge is -2.07. The second-order valence-electron chi connectivity index (χ2n) is 3.99. The molecule has 0 unspecified atom stereocenters. The lowest BCUT2D eigenvalue weighted by atomic mass is 10.6. The fraction of sp³-hybridized carbons (Fsp3) is 0.917. The molecule has 0 radical (unpaired) electrons. The highest BCUT2D eigenvalue weighted by atomic mass is 16.5. The van der Waals surface area contributed by atoms with Crippen LogP contribution in [0, 0.1) is 0 Å². The third kappa shape index (κ3) is 18.6. The highest BCUT2D eigenvalue weighted by molar-refractivity contribution is 5.67. The Morgan fingerprint density at radius 3 is 2.09 bits per heavy atom. The minimum Gasteiger partial charge on any atom is -0.480 e. The molecule has 10 nitrogen and oxygen atoms in total. The van der Waals surface area contributed by atoms with Gasteiger partial charge in [-0.1, -0.05) is 5.11 Å². The normalized spacial score (nSPS) is 10.4. The maximum Gasteiger partial charge on any atom is 0.329 e. The molecule has 10 heteroatoms. The first-order chi connectivity index (χ1) is 10.8. The predicted octanol–water partition coefficient (Wildman–Crippen LogP) is 0.0373. The average molecular weight is 320 g/mol. The van der Waals surface area contributed by atoms with Crippen LogP contribution in [-0.2, 0) is 23.7 Å². The number of nitrogens with one attached hydrogen (secondary N) is 1. The van der Waals surface area contributed by atoms with E-state index in [-0.39, 0.29) is 6.61 Å². The number of carbonyl (C=O) groups is 1. The molecule has 2 N–H and O–H groups in total. The molecule has 0 aliphatic carbocycles. The average Bonchev–Trinajstić information content (AvgIpc) is 2.50. The molecule has 0 aromatic heterocycles. The Kier molecular flexibility index (Phi) is 16.5. The Morgan fingerprint density at radius 1 is 0.955 bits per heavy atom.